The van der Waals surface area contributed by atoms with Crippen molar-refractivity contribution in [1.82, 2.24) is 15.1 Å². The Morgan fingerprint density at radius 3 is 2.50 bits per heavy atom. The zero-order valence-electron chi connectivity index (χ0n) is 11.8. The van der Waals surface area contributed by atoms with Crippen molar-refractivity contribution in [1.29, 1.82) is 0 Å². The molecule has 0 aliphatic heterocycles. The monoisotopic (exact) mass is 252 g/mol. The number of nitrogens with one attached hydrogen (secondary N) is 1. The van der Waals surface area contributed by atoms with Gasteiger partial charge in [0.2, 0.25) is 0 Å². The molecule has 1 heterocycles. The summed E-state index contributed by atoms with van der Waals surface area (Å²) in [4.78, 5) is 12.3. The van der Waals surface area contributed by atoms with Crippen molar-refractivity contribution in [3.63, 3.8) is 0 Å². The van der Waals surface area contributed by atoms with Crippen LogP contribution in [0.5, 0.6) is 0 Å². The van der Waals surface area contributed by atoms with Crippen LogP contribution in [0.25, 0.3) is 0 Å². The van der Waals surface area contributed by atoms with Gasteiger partial charge in [0.15, 0.2) is 0 Å². The quantitative estimate of drug-likeness (QED) is 0.799. The summed E-state index contributed by atoms with van der Waals surface area (Å²) in [5.74, 6) is -0.0749. The number of rotatable bonds is 6. The molecule has 0 aliphatic rings. The Hall–Kier alpha value is -1.36. The smallest absolute Gasteiger partial charge is 0.255 e. The van der Waals surface area contributed by atoms with Gasteiger partial charge in [-0.25, -0.2) is 0 Å². The maximum absolute atomic E-state index is 12.3. The van der Waals surface area contributed by atoms with Gasteiger partial charge in [0, 0.05) is 19.8 Å². The number of aromatic nitrogens is 2. The maximum Gasteiger partial charge on any atom is 0.255 e. The highest BCUT2D eigenvalue weighted by molar-refractivity contribution is 5.95. The maximum atomic E-state index is 12.3. The molecule has 3 N–H and O–H groups in total. The van der Waals surface area contributed by atoms with Crippen LogP contribution in [0.2, 0.25) is 0 Å². The van der Waals surface area contributed by atoms with Crippen LogP contribution in [0.15, 0.2) is 6.20 Å². The summed E-state index contributed by atoms with van der Waals surface area (Å²) in [5, 5.41) is 7.35. The Morgan fingerprint density at radius 1 is 1.44 bits per heavy atom. The summed E-state index contributed by atoms with van der Waals surface area (Å²) in [6.45, 7) is 6.53. The molecule has 0 unspecified atom stereocenters. The Labute approximate surface area is 109 Å². The molecule has 1 rings (SSSR count). The first kappa shape index (κ1) is 14.7. The van der Waals surface area contributed by atoms with Crippen molar-refractivity contribution in [2.75, 3.05) is 6.54 Å². The number of nitrogens with zero attached hydrogens (tertiary/aromatic N) is 2. The van der Waals surface area contributed by atoms with Gasteiger partial charge in [-0.15, -0.1) is 0 Å². The summed E-state index contributed by atoms with van der Waals surface area (Å²) in [5.41, 5.74) is 6.97. The van der Waals surface area contributed by atoms with E-state index in [1.807, 2.05) is 27.8 Å². The van der Waals surface area contributed by atoms with Crippen molar-refractivity contribution >= 4 is 5.91 Å². The van der Waals surface area contributed by atoms with Crippen LogP contribution >= 0.6 is 0 Å². The second-order valence-electron chi connectivity index (χ2n) is 4.66. The fourth-order valence-electron chi connectivity index (χ4n) is 2.06. The summed E-state index contributed by atoms with van der Waals surface area (Å²) < 4.78 is 1.68. The molecule has 1 aromatic rings. The lowest BCUT2D eigenvalue weighted by Gasteiger charge is -2.31. The van der Waals surface area contributed by atoms with Crippen LogP contribution in [0, 0.1) is 0 Å². The fraction of sp³-hybridized carbons (Fsp3) is 0.692. The van der Waals surface area contributed by atoms with Gasteiger partial charge in [0.25, 0.3) is 5.91 Å². The fourth-order valence-corrected chi connectivity index (χ4v) is 2.06. The van der Waals surface area contributed by atoms with Crippen LogP contribution in [0.3, 0.4) is 0 Å². The lowest BCUT2D eigenvalue weighted by Crippen LogP contribution is -2.53. The topological polar surface area (TPSA) is 72.9 Å². The van der Waals surface area contributed by atoms with Gasteiger partial charge in [0.1, 0.15) is 0 Å². The van der Waals surface area contributed by atoms with E-state index in [1.165, 1.54) is 0 Å². The molecule has 0 saturated carbocycles. The molecule has 0 radical (unpaired) electrons. The molecular weight excluding hydrogens is 228 g/mol. The van der Waals surface area contributed by atoms with Crippen molar-refractivity contribution < 1.29 is 4.79 Å². The highest BCUT2D eigenvalue weighted by Crippen LogP contribution is 2.16. The van der Waals surface area contributed by atoms with Crippen LogP contribution in [-0.2, 0) is 13.5 Å². The second kappa shape index (κ2) is 6.00. The van der Waals surface area contributed by atoms with E-state index < -0.39 is 0 Å². The molecule has 0 fully saturated rings. The number of carbonyl (C=O) groups excluding carboxylic acids is 1. The molecule has 0 spiro atoms. The number of aryl methyl sites for hydroxylation is 2. The van der Waals surface area contributed by atoms with Crippen LogP contribution in [0.4, 0.5) is 0 Å². The molecular formula is C13H24N4O. The second-order valence-corrected chi connectivity index (χ2v) is 4.66. The van der Waals surface area contributed by atoms with Crippen LogP contribution < -0.4 is 11.1 Å². The Balaban J connectivity index is 2.93. The van der Waals surface area contributed by atoms with Gasteiger partial charge < -0.3 is 11.1 Å². The molecule has 0 saturated heterocycles. The average Bonchev–Trinajstić information content (AvgIpc) is 2.77. The standard InChI is InChI=1S/C13H24N4O/c1-5-11-10(8-17(4)16-11)12(18)15-13(6-2,7-3)9-14/h8H,5-7,9,14H2,1-4H3,(H,15,18). The van der Waals surface area contributed by atoms with Crippen molar-refractivity contribution in [2.45, 2.75) is 45.6 Å². The van der Waals surface area contributed by atoms with E-state index in [4.69, 9.17) is 5.73 Å². The minimum atomic E-state index is -0.308. The molecule has 5 heteroatoms. The third-order valence-electron chi connectivity index (χ3n) is 3.61. The molecule has 0 aromatic carbocycles. The van der Waals surface area contributed by atoms with E-state index in [1.54, 1.807) is 10.9 Å². The summed E-state index contributed by atoms with van der Waals surface area (Å²) >= 11 is 0. The zero-order valence-corrected chi connectivity index (χ0v) is 11.8. The van der Waals surface area contributed by atoms with E-state index in [-0.39, 0.29) is 11.4 Å². The van der Waals surface area contributed by atoms with Gasteiger partial charge in [-0.2, -0.15) is 5.10 Å². The predicted molar refractivity (Wildman–Crippen MR) is 72.4 cm³/mol. The van der Waals surface area contributed by atoms with E-state index in [0.717, 1.165) is 25.0 Å². The van der Waals surface area contributed by atoms with Gasteiger partial charge in [-0.3, -0.25) is 9.48 Å². The highest BCUT2D eigenvalue weighted by atomic mass is 16.1. The third kappa shape index (κ3) is 2.90. The zero-order chi connectivity index (χ0) is 13.8. The summed E-state index contributed by atoms with van der Waals surface area (Å²) in [7, 11) is 1.83. The first-order valence-corrected chi connectivity index (χ1v) is 6.57. The van der Waals surface area contributed by atoms with E-state index in [0.29, 0.717) is 12.1 Å². The van der Waals surface area contributed by atoms with E-state index in [9.17, 15) is 4.79 Å². The SMILES string of the molecule is CCc1nn(C)cc1C(=O)NC(CC)(CC)CN. The molecule has 102 valence electrons. The van der Waals surface area contributed by atoms with Crippen LogP contribution in [0.1, 0.15) is 49.7 Å². The Bertz CT molecular complexity index is 399. The minimum Gasteiger partial charge on any atom is -0.345 e. The molecule has 1 aromatic heterocycles. The van der Waals surface area contributed by atoms with E-state index >= 15 is 0 Å². The molecule has 1 amide bonds. The van der Waals surface area contributed by atoms with Gasteiger partial charge in [-0.05, 0) is 19.3 Å². The number of amides is 1. The molecule has 0 bridgehead atoms. The van der Waals surface area contributed by atoms with Crippen LogP contribution in [-0.4, -0.2) is 27.8 Å². The molecule has 18 heavy (non-hydrogen) atoms. The number of carbonyl (C=O) groups is 1. The predicted octanol–water partition coefficient (Wildman–Crippen LogP) is 1.23. The Morgan fingerprint density at radius 2 is 2.06 bits per heavy atom. The summed E-state index contributed by atoms with van der Waals surface area (Å²) in [6.07, 6.45) is 4.17. The Kier molecular flexibility index (Phi) is 4.90. The highest BCUT2D eigenvalue weighted by Gasteiger charge is 2.28. The first-order chi connectivity index (χ1) is 8.51. The minimum absolute atomic E-state index is 0.0749. The van der Waals surface area contributed by atoms with Gasteiger partial charge >= 0.3 is 0 Å². The van der Waals surface area contributed by atoms with Gasteiger partial charge in [0.05, 0.1) is 16.8 Å². The average molecular weight is 252 g/mol. The lowest BCUT2D eigenvalue weighted by molar-refractivity contribution is 0.0894. The van der Waals surface area contributed by atoms with E-state index in [2.05, 4.69) is 10.4 Å². The first-order valence-electron chi connectivity index (χ1n) is 6.57. The number of nitrogens with two attached hydrogens (primary N) is 1. The molecule has 0 atom stereocenters. The molecule has 5 nitrogen and oxygen atoms in total. The largest absolute Gasteiger partial charge is 0.345 e. The summed E-state index contributed by atoms with van der Waals surface area (Å²) in [6, 6.07) is 0. The normalized spacial score (nSPS) is 11.6. The van der Waals surface area contributed by atoms with Crippen molar-refractivity contribution in [3.05, 3.63) is 17.5 Å². The lowest BCUT2D eigenvalue weighted by atomic mass is 9.92. The number of hydrogen-bond acceptors (Lipinski definition) is 3. The van der Waals surface area contributed by atoms with Gasteiger partial charge in [-0.1, -0.05) is 20.8 Å². The third-order valence-corrected chi connectivity index (χ3v) is 3.61. The number of hydrogen-bond donors (Lipinski definition) is 2. The van der Waals surface area contributed by atoms with Crippen molar-refractivity contribution in [2.24, 2.45) is 12.8 Å². The van der Waals surface area contributed by atoms with Crippen molar-refractivity contribution in [3.8, 4) is 0 Å². The molecule has 0 aliphatic carbocycles.